The quantitative estimate of drug-likeness (QED) is 0.640. The molecule has 0 bridgehead atoms. The molecule has 2 rings (SSSR count). The molecule has 0 spiro atoms. The van der Waals surface area contributed by atoms with Gasteiger partial charge in [0.1, 0.15) is 5.82 Å². The fourth-order valence-electron chi connectivity index (χ4n) is 2.10. The second-order valence-corrected chi connectivity index (χ2v) is 5.23. The summed E-state index contributed by atoms with van der Waals surface area (Å²) in [5.74, 6) is -0.855. The summed E-state index contributed by atoms with van der Waals surface area (Å²) in [6.07, 6.45) is -2.08. The number of hydrogen-bond acceptors (Lipinski definition) is 2. The second-order valence-electron chi connectivity index (χ2n) is 5.23. The van der Waals surface area contributed by atoms with Crippen LogP contribution in [0.4, 0.5) is 17.6 Å². The number of nitrogens with zero attached hydrogens (tertiary/aromatic N) is 1. The van der Waals surface area contributed by atoms with Crippen LogP contribution in [0.3, 0.4) is 0 Å². The Morgan fingerprint density at radius 2 is 1.95 bits per heavy atom. The lowest BCUT2D eigenvalue weighted by Gasteiger charge is -2.16. The van der Waals surface area contributed by atoms with Crippen molar-refractivity contribution >= 4 is 0 Å². The highest BCUT2D eigenvalue weighted by Gasteiger charge is 2.31. The van der Waals surface area contributed by atoms with E-state index in [4.69, 9.17) is 0 Å². The summed E-state index contributed by atoms with van der Waals surface area (Å²) in [7, 11) is 2.03. The molecule has 0 heterocycles. The van der Waals surface area contributed by atoms with Crippen molar-refractivity contribution < 1.29 is 17.6 Å². The van der Waals surface area contributed by atoms with Crippen LogP contribution in [-0.4, -0.2) is 31.1 Å². The topological polar surface area (TPSA) is 15.3 Å². The van der Waals surface area contributed by atoms with E-state index in [1.165, 1.54) is 12.8 Å². The highest BCUT2D eigenvalue weighted by Crippen LogP contribution is 2.30. The number of hydrogen-bond donors (Lipinski definition) is 1. The Morgan fingerprint density at radius 3 is 2.55 bits per heavy atom. The number of benzene rings is 1. The smallest absolute Gasteiger partial charge is 0.311 e. The maximum atomic E-state index is 13.2. The standard InChI is InChI=1S/C14H18F4N2/c1-20(13-2-3-13)5-4-19-9-10-6-11(14(16,17)18)8-12(15)7-10/h6-8,13,19H,2-5,9H2,1H3. The maximum Gasteiger partial charge on any atom is 0.416 e. The second kappa shape index (κ2) is 6.10. The summed E-state index contributed by atoms with van der Waals surface area (Å²) in [4.78, 5) is 2.22. The van der Waals surface area contributed by atoms with Crippen molar-refractivity contribution in [3.63, 3.8) is 0 Å². The zero-order valence-corrected chi connectivity index (χ0v) is 11.3. The van der Waals surface area contributed by atoms with E-state index in [0.717, 1.165) is 18.7 Å². The van der Waals surface area contributed by atoms with Crippen LogP contribution in [0.1, 0.15) is 24.0 Å². The SMILES string of the molecule is CN(CCNCc1cc(F)cc(C(F)(F)F)c1)C1CC1. The molecule has 0 aliphatic heterocycles. The van der Waals surface area contributed by atoms with Gasteiger partial charge >= 0.3 is 6.18 Å². The zero-order valence-electron chi connectivity index (χ0n) is 11.3. The third kappa shape index (κ3) is 4.45. The highest BCUT2D eigenvalue weighted by molar-refractivity contribution is 5.26. The predicted molar refractivity (Wildman–Crippen MR) is 68.8 cm³/mol. The number of halogens is 4. The molecule has 0 radical (unpaired) electrons. The third-order valence-electron chi connectivity index (χ3n) is 3.43. The molecule has 0 aromatic heterocycles. The summed E-state index contributed by atoms with van der Waals surface area (Å²) in [5.41, 5.74) is -0.629. The molecule has 1 aliphatic carbocycles. The van der Waals surface area contributed by atoms with Crippen molar-refractivity contribution in [2.75, 3.05) is 20.1 Å². The Kier molecular flexibility index (Phi) is 4.65. The van der Waals surface area contributed by atoms with Crippen LogP contribution in [-0.2, 0) is 12.7 Å². The largest absolute Gasteiger partial charge is 0.416 e. The van der Waals surface area contributed by atoms with Gasteiger partial charge in [-0.25, -0.2) is 4.39 Å². The molecule has 1 N–H and O–H groups in total. The van der Waals surface area contributed by atoms with Gasteiger partial charge in [0, 0.05) is 25.7 Å². The molecule has 0 unspecified atom stereocenters. The van der Waals surface area contributed by atoms with E-state index >= 15 is 0 Å². The van der Waals surface area contributed by atoms with Crippen molar-refractivity contribution in [3.8, 4) is 0 Å². The first kappa shape index (κ1) is 15.3. The van der Waals surface area contributed by atoms with Gasteiger partial charge < -0.3 is 10.2 Å². The number of likely N-dealkylation sites (N-methyl/N-ethyl adjacent to an activating group) is 1. The lowest BCUT2D eigenvalue weighted by Crippen LogP contribution is -2.30. The summed E-state index contributed by atoms with van der Waals surface area (Å²) < 4.78 is 50.8. The maximum absolute atomic E-state index is 13.2. The van der Waals surface area contributed by atoms with Gasteiger partial charge in [-0.05, 0) is 43.7 Å². The fraction of sp³-hybridized carbons (Fsp3) is 0.571. The molecule has 0 saturated heterocycles. The van der Waals surface area contributed by atoms with Gasteiger partial charge in [0.2, 0.25) is 0 Å². The average molecular weight is 290 g/mol. The van der Waals surface area contributed by atoms with E-state index in [1.807, 2.05) is 7.05 Å². The van der Waals surface area contributed by atoms with E-state index in [1.54, 1.807) is 0 Å². The van der Waals surface area contributed by atoms with Gasteiger partial charge in [-0.1, -0.05) is 0 Å². The molecule has 2 nitrogen and oxygen atoms in total. The molecule has 1 saturated carbocycles. The number of nitrogens with one attached hydrogen (secondary N) is 1. The van der Waals surface area contributed by atoms with Crippen LogP contribution >= 0.6 is 0 Å². The lowest BCUT2D eigenvalue weighted by molar-refractivity contribution is -0.137. The Morgan fingerprint density at radius 1 is 1.25 bits per heavy atom. The summed E-state index contributed by atoms with van der Waals surface area (Å²) in [5, 5.41) is 3.05. The summed E-state index contributed by atoms with van der Waals surface area (Å²) >= 11 is 0. The molecular weight excluding hydrogens is 272 g/mol. The van der Waals surface area contributed by atoms with Crippen molar-refractivity contribution in [1.82, 2.24) is 10.2 Å². The van der Waals surface area contributed by atoms with E-state index in [9.17, 15) is 17.6 Å². The van der Waals surface area contributed by atoms with Crippen LogP contribution in [0.15, 0.2) is 18.2 Å². The molecule has 0 atom stereocenters. The lowest BCUT2D eigenvalue weighted by atomic mass is 10.1. The van der Waals surface area contributed by atoms with Crippen molar-refractivity contribution in [2.45, 2.75) is 31.6 Å². The minimum Gasteiger partial charge on any atom is -0.311 e. The van der Waals surface area contributed by atoms with Gasteiger partial charge in [0.25, 0.3) is 0 Å². The van der Waals surface area contributed by atoms with Crippen LogP contribution < -0.4 is 5.32 Å². The summed E-state index contributed by atoms with van der Waals surface area (Å²) in [6.45, 7) is 1.75. The van der Waals surface area contributed by atoms with Gasteiger partial charge in [-0.2, -0.15) is 13.2 Å². The first-order valence-corrected chi connectivity index (χ1v) is 6.64. The minimum absolute atomic E-state index is 0.235. The highest BCUT2D eigenvalue weighted by atomic mass is 19.4. The number of alkyl halides is 3. The predicted octanol–water partition coefficient (Wildman–Crippen LogP) is 3.03. The van der Waals surface area contributed by atoms with Crippen LogP contribution in [0, 0.1) is 5.82 Å². The number of rotatable bonds is 6. The first-order valence-electron chi connectivity index (χ1n) is 6.64. The Labute approximate surface area is 115 Å². The molecule has 6 heteroatoms. The molecule has 1 fully saturated rings. The van der Waals surface area contributed by atoms with E-state index < -0.39 is 17.6 Å². The van der Waals surface area contributed by atoms with Gasteiger partial charge in [0.05, 0.1) is 5.56 Å². The van der Waals surface area contributed by atoms with Gasteiger partial charge in [0.15, 0.2) is 0 Å². The molecular formula is C14H18F4N2. The average Bonchev–Trinajstić information content (AvgIpc) is 3.16. The van der Waals surface area contributed by atoms with Gasteiger partial charge in [-0.3, -0.25) is 0 Å². The fourth-order valence-corrected chi connectivity index (χ4v) is 2.10. The van der Waals surface area contributed by atoms with Crippen LogP contribution in [0.25, 0.3) is 0 Å². The third-order valence-corrected chi connectivity index (χ3v) is 3.43. The minimum atomic E-state index is -4.51. The van der Waals surface area contributed by atoms with E-state index in [0.29, 0.717) is 24.2 Å². The Hall–Kier alpha value is -1.14. The molecule has 1 aromatic rings. The van der Waals surface area contributed by atoms with Crippen LogP contribution in [0.2, 0.25) is 0 Å². The molecule has 20 heavy (non-hydrogen) atoms. The monoisotopic (exact) mass is 290 g/mol. The van der Waals surface area contributed by atoms with E-state index in [-0.39, 0.29) is 6.54 Å². The molecule has 112 valence electrons. The Balaban J connectivity index is 1.84. The molecule has 1 aromatic carbocycles. The van der Waals surface area contributed by atoms with Crippen molar-refractivity contribution in [2.24, 2.45) is 0 Å². The van der Waals surface area contributed by atoms with Crippen molar-refractivity contribution in [3.05, 3.63) is 35.1 Å². The molecule has 1 aliphatic rings. The normalized spacial score (nSPS) is 15.9. The van der Waals surface area contributed by atoms with Crippen LogP contribution in [0.5, 0.6) is 0 Å². The Bertz CT molecular complexity index is 455. The van der Waals surface area contributed by atoms with E-state index in [2.05, 4.69) is 10.2 Å². The van der Waals surface area contributed by atoms with Gasteiger partial charge in [-0.15, -0.1) is 0 Å². The molecule has 0 amide bonds. The first-order chi connectivity index (χ1) is 9.36. The van der Waals surface area contributed by atoms with Crippen molar-refractivity contribution in [1.29, 1.82) is 0 Å². The zero-order chi connectivity index (χ0) is 14.8. The summed E-state index contributed by atoms with van der Waals surface area (Å²) in [6, 6.07) is 3.29.